The van der Waals surface area contributed by atoms with Crippen LogP contribution in [0.25, 0.3) is 0 Å². The van der Waals surface area contributed by atoms with Gasteiger partial charge in [0.2, 0.25) is 0 Å². The summed E-state index contributed by atoms with van der Waals surface area (Å²) in [4.78, 5) is 0. The standard InChI is InChI=1S/C16H34N2/c1-14(17-12-8-10-15(2,3)4)18-13-9-11-16(5,6)7/h17-18H,1,8-13H2,2-7H3. The zero-order valence-corrected chi connectivity index (χ0v) is 13.4. The minimum absolute atomic E-state index is 0.434. The quantitative estimate of drug-likeness (QED) is 0.631. The molecule has 0 radical (unpaired) electrons. The largest absolute Gasteiger partial charge is 0.372 e. The zero-order chi connectivity index (χ0) is 14.2. The fourth-order valence-corrected chi connectivity index (χ4v) is 1.78. The summed E-state index contributed by atoms with van der Waals surface area (Å²) in [6, 6.07) is 0. The van der Waals surface area contributed by atoms with Crippen LogP contribution in [-0.4, -0.2) is 13.1 Å². The maximum atomic E-state index is 4.00. The molecule has 0 atom stereocenters. The van der Waals surface area contributed by atoms with Crippen molar-refractivity contribution in [3.63, 3.8) is 0 Å². The van der Waals surface area contributed by atoms with E-state index >= 15 is 0 Å². The van der Waals surface area contributed by atoms with Gasteiger partial charge in [0.05, 0.1) is 5.82 Å². The fourth-order valence-electron chi connectivity index (χ4n) is 1.78. The van der Waals surface area contributed by atoms with Crippen molar-refractivity contribution >= 4 is 0 Å². The first-order valence-electron chi connectivity index (χ1n) is 7.27. The van der Waals surface area contributed by atoms with Gasteiger partial charge >= 0.3 is 0 Å². The number of hydrogen-bond acceptors (Lipinski definition) is 2. The van der Waals surface area contributed by atoms with Gasteiger partial charge in [-0.2, -0.15) is 0 Å². The van der Waals surface area contributed by atoms with E-state index in [0.717, 1.165) is 18.9 Å². The van der Waals surface area contributed by atoms with Gasteiger partial charge in [0, 0.05) is 13.1 Å². The molecule has 0 aliphatic carbocycles. The van der Waals surface area contributed by atoms with Crippen LogP contribution in [0.15, 0.2) is 12.4 Å². The number of rotatable bonds is 8. The Bertz CT molecular complexity index is 206. The summed E-state index contributed by atoms with van der Waals surface area (Å²) in [5.74, 6) is 0.970. The first-order chi connectivity index (χ1) is 8.10. The zero-order valence-electron chi connectivity index (χ0n) is 13.4. The first kappa shape index (κ1) is 17.3. The lowest BCUT2D eigenvalue weighted by atomic mass is 9.90. The summed E-state index contributed by atoms with van der Waals surface area (Å²) >= 11 is 0. The van der Waals surface area contributed by atoms with E-state index in [1.165, 1.54) is 25.7 Å². The van der Waals surface area contributed by atoms with Crippen molar-refractivity contribution in [2.75, 3.05) is 13.1 Å². The molecule has 0 aliphatic heterocycles. The average molecular weight is 254 g/mol. The van der Waals surface area contributed by atoms with Gasteiger partial charge in [0.15, 0.2) is 0 Å². The van der Waals surface area contributed by atoms with E-state index in [4.69, 9.17) is 0 Å². The minimum atomic E-state index is 0.434. The van der Waals surface area contributed by atoms with Crippen molar-refractivity contribution in [1.82, 2.24) is 10.6 Å². The molecule has 0 unspecified atom stereocenters. The molecule has 0 saturated heterocycles. The Morgan fingerprint density at radius 2 is 1.11 bits per heavy atom. The van der Waals surface area contributed by atoms with Gasteiger partial charge in [-0.1, -0.05) is 48.1 Å². The molecule has 0 fully saturated rings. The molecule has 0 aromatic rings. The molecule has 0 amide bonds. The van der Waals surface area contributed by atoms with Gasteiger partial charge in [-0.25, -0.2) is 0 Å². The maximum absolute atomic E-state index is 4.00. The minimum Gasteiger partial charge on any atom is -0.372 e. The molecule has 2 nitrogen and oxygen atoms in total. The van der Waals surface area contributed by atoms with Crippen LogP contribution in [0.1, 0.15) is 67.2 Å². The van der Waals surface area contributed by atoms with Crippen LogP contribution >= 0.6 is 0 Å². The van der Waals surface area contributed by atoms with Crippen LogP contribution in [-0.2, 0) is 0 Å². The van der Waals surface area contributed by atoms with Gasteiger partial charge in [-0.05, 0) is 36.5 Å². The second-order valence-corrected chi connectivity index (χ2v) is 7.66. The molecule has 0 aliphatic rings. The van der Waals surface area contributed by atoms with Gasteiger partial charge < -0.3 is 10.6 Å². The highest BCUT2D eigenvalue weighted by atomic mass is 15.1. The molecule has 18 heavy (non-hydrogen) atoms. The summed E-state index contributed by atoms with van der Waals surface area (Å²) < 4.78 is 0. The molecule has 0 aromatic heterocycles. The normalized spacial score (nSPS) is 12.3. The lowest BCUT2D eigenvalue weighted by Crippen LogP contribution is -2.28. The van der Waals surface area contributed by atoms with Crippen molar-refractivity contribution < 1.29 is 0 Å². The topological polar surface area (TPSA) is 24.1 Å². The van der Waals surface area contributed by atoms with Crippen molar-refractivity contribution in [1.29, 1.82) is 0 Å². The monoisotopic (exact) mass is 254 g/mol. The van der Waals surface area contributed by atoms with E-state index in [2.05, 4.69) is 58.8 Å². The smallest absolute Gasteiger partial charge is 0.0912 e. The Kier molecular flexibility index (Phi) is 7.42. The Morgan fingerprint density at radius 1 is 0.778 bits per heavy atom. The summed E-state index contributed by atoms with van der Waals surface area (Å²) in [6.45, 7) is 19.7. The van der Waals surface area contributed by atoms with Crippen molar-refractivity contribution in [3.05, 3.63) is 12.4 Å². The second kappa shape index (κ2) is 7.70. The van der Waals surface area contributed by atoms with Crippen LogP contribution in [0.5, 0.6) is 0 Å². The Labute approximate surface area is 115 Å². The van der Waals surface area contributed by atoms with Crippen molar-refractivity contribution in [3.8, 4) is 0 Å². The summed E-state index contributed by atoms with van der Waals surface area (Å²) in [6.07, 6.45) is 4.90. The van der Waals surface area contributed by atoms with Crippen molar-refractivity contribution in [2.45, 2.75) is 67.2 Å². The Balaban J connectivity index is 3.44. The third-order valence-electron chi connectivity index (χ3n) is 2.88. The highest BCUT2D eigenvalue weighted by molar-refractivity contribution is 4.87. The fraction of sp³-hybridized carbons (Fsp3) is 0.875. The molecule has 2 N–H and O–H groups in total. The summed E-state index contributed by atoms with van der Waals surface area (Å²) in [5.41, 5.74) is 0.867. The highest BCUT2D eigenvalue weighted by Crippen LogP contribution is 2.20. The molecule has 0 bridgehead atoms. The molecule has 0 heterocycles. The molecule has 0 saturated carbocycles. The van der Waals surface area contributed by atoms with Crippen LogP contribution in [0.2, 0.25) is 0 Å². The second-order valence-electron chi connectivity index (χ2n) is 7.66. The third-order valence-corrected chi connectivity index (χ3v) is 2.88. The van der Waals surface area contributed by atoms with Gasteiger partial charge in [-0.3, -0.25) is 0 Å². The van der Waals surface area contributed by atoms with E-state index in [9.17, 15) is 0 Å². The lowest BCUT2D eigenvalue weighted by Gasteiger charge is -2.20. The molecular formula is C16H34N2. The summed E-state index contributed by atoms with van der Waals surface area (Å²) in [7, 11) is 0. The predicted molar refractivity (Wildman–Crippen MR) is 82.5 cm³/mol. The van der Waals surface area contributed by atoms with Crippen LogP contribution in [0.3, 0.4) is 0 Å². The SMILES string of the molecule is C=C(NCCCC(C)(C)C)NCCCC(C)(C)C. The Morgan fingerprint density at radius 3 is 1.39 bits per heavy atom. The summed E-state index contributed by atoms with van der Waals surface area (Å²) in [5, 5.41) is 6.69. The van der Waals surface area contributed by atoms with E-state index in [0.29, 0.717) is 10.8 Å². The van der Waals surface area contributed by atoms with E-state index in [-0.39, 0.29) is 0 Å². The average Bonchev–Trinajstić information content (AvgIpc) is 2.17. The number of hydrogen-bond donors (Lipinski definition) is 2. The van der Waals surface area contributed by atoms with Crippen LogP contribution in [0, 0.1) is 10.8 Å². The first-order valence-corrected chi connectivity index (χ1v) is 7.27. The van der Waals surface area contributed by atoms with Crippen molar-refractivity contribution in [2.24, 2.45) is 10.8 Å². The molecule has 0 aromatic carbocycles. The van der Waals surface area contributed by atoms with E-state index in [1.807, 2.05) is 0 Å². The van der Waals surface area contributed by atoms with Crippen LogP contribution in [0.4, 0.5) is 0 Å². The maximum Gasteiger partial charge on any atom is 0.0912 e. The molecular weight excluding hydrogens is 220 g/mol. The van der Waals surface area contributed by atoms with Crippen LogP contribution < -0.4 is 10.6 Å². The Hall–Kier alpha value is -0.660. The lowest BCUT2D eigenvalue weighted by molar-refractivity contribution is 0.359. The predicted octanol–water partition coefficient (Wildman–Crippen LogP) is 4.29. The van der Waals surface area contributed by atoms with Gasteiger partial charge in [-0.15, -0.1) is 0 Å². The molecule has 0 rings (SSSR count). The molecule has 0 spiro atoms. The van der Waals surface area contributed by atoms with Gasteiger partial charge in [0.1, 0.15) is 0 Å². The van der Waals surface area contributed by atoms with E-state index in [1.54, 1.807) is 0 Å². The third kappa shape index (κ3) is 13.4. The molecule has 108 valence electrons. The highest BCUT2D eigenvalue weighted by Gasteiger charge is 2.09. The molecule has 2 heteroatoms. The van der Waals surface area contributed by atoms with E-state index < -0.39 is 0 Å². The van der Waals surface area contributed by atoms with Gasteiger partial charge in [0.25, 0.3) is 0 Å². The number of nitrogens with one attached hydrogen (secondary N) is 2.